The molecule has 0 radical (unpaired) electrons. The predicted molar refractivity (Wildman–Crippen MR) is 149 cm³/mol. The van der Waals surface area contributed by atoms with Gasteiger partial charge in [0.1, 0.15) is 5.69 Å². The van der Waals surface area contributed by atoms with E-state index in [1.165, 1.54) is 30.5 Å². The summed E-state index contributed by atoms with van der Waals surface area (Å²) in [5.74, 6) is 0.242. The molecule has 0 aliphatic rings. The lowest BCUT2D eigenvalue weighted by Gasteiger charge is -2.22. The maximum atomic E-state index is 13.0. The van der Waals surface area contributed by atoms with Crippen molar-refractivity contribution in [3.8, 4) is 17.0 Å². The van der Waals surface area contributed by atoms with Gasteiger partial charge < -0.3 is 25.0 Å². The fraction of sp³-hybridized carbons (Fsp3) is 0.179. The number of carbonyl (C=O) groups excluding carboxylic acids is 2. The zero-order valence-corrected chi connectivity index (χ0v) is 22.3. The molecule has 2 aromatic carbocycles. The molecular weight excluding hydrogens is 520 g/mol. The van der Waals surface area contributed by atoms with E-state index in [0.29, 0.717) is 39.0 Å². The molecule has 0 fully saturated rings. The second-order valence-corrected chi connectivity index (χ2v) is 9.24. The van der Waals surface area contributed by atoms with Gasteiger partial charge in [0.05, 0.1) is 23.9 Å². The van der Waals surface area contributed by atoms with Gasteiger partial charge in [-0.2, -0.15) is 0 Å². The minimum Gasteiger partial charge on any atom is -0.406 e. The number of ether oxygens (including phenoxy) is 1. The fourth-order valence-electron chi connectivity index (χ4n) is 3.64. The molecule has 0 aliphatic carbocycles. The molecule has 1 atom stereocenters. The van der Waals surface area contributed by atoms with E-state index in [0.717, 1.165) is 0 Å². The van der Waals surface area contributed by atoms with E-state index < -0.39 is 12.2 Å². The summed E-state index contributed by atoms with van der Waals surface area (Å²) >= 11 is 6.39. The number of aromatic nitrogens is 3. The van der Waals surface area contributed by atoms with Crippen LogP contribution < -0.4 is 15.0 Å². The number of carbonyl (C=O) groups is 2. The summed E-state index contributed by atoms with van der Waals surface area (Å²) in [6.45, 7) is -0.0708. The van der Waals surface area contributed by atoms with Crippen LogP contribution >= 0.6 is 11.6 Å². The number of rotatable bonds is 8. The number of aliphatic hydroxyl groups is 1. The third-order valence-electron chi connectivity index (χ3n) is 5.70. The maximum Gasteiger partial charge on any atom is 0.415 e. The molecule has 4 rings (SSSR count). The molecule has 0 saturated carbocycles. The largest absolute Gasteiger partial charge is 0.415 e. The van der Waals surface area contributed by atoms with E-state index in [4.69, 9.17) is 16.3 Å². The number of hydrogen-bond acceptors (Lipinski definition) is 8. The second-order valence-electron chi connectivity index (χ2n) is 8.84. The Morgan fingerprint density at radius 2 is 1.79 bits per heavy atom. The van der Waals surface area contributed by atoms with E-state index in [1.54, 1.807) is 79.7 Å². The molecule has 200 valence electrons. The summed E-state index contributed by atoms with van der Waals surface area (Å²) < 4.78 is 5.63. The molecule has 39 heavy (non-hydrogen) atoms. The number of benzene rings is 2. The van der Waals surface area contributed by atoms with E-state index in [-0.39, 0.29) is 18.2 Å². The van der Waals surface area contributed by atoms with Crippen molar-refractivity contribution in [2.24, 2.45) is 0 Å². The topological polar surface area (TPSA) is 121 Å². The molecule has 2 N–H and O–H groups in total. The number of halogens is 1. The number of nitrogens with zero attached hydrogens (tertiary/aromatic N) is 5. The molecule has 0 aliphatic heterocycles. The van der Waals surface area contributed by atoms with Crippen LogP contribution in [0, 0.1) is 0 Å². The first-order valence-corrected chi connectivity index (χ1v) is 12.3. The molecule has 4 aromatic rings. The number of hydrogen-bond donors (Lipinski definition) is 2. The van der Waals surface area contributed by atoms with Crippen LogP contribution in [-0.2, 0) is 0 Å². The standard InChI is InChI=1S/C28H27ClN6O4/c1-34(2)27-31-16-24(25(33-27)21-9-4-5-10-22(21)29)39-28(38)35(3)17-23(36)19-7-6-8-20(15-19)32-26(37)18-11-13-30-14-12-18/h4-16,23,36H,17H2,1-3H3,(H,32,37). The average molecular weight is 547 g/mol. The summed E-state index contributed by atoms with van der Waals surface area (Å²) in [6.07, 6.45) is 2.72. The van der Waals surface area contributed by atoms with Gasteiger partial charge in [0.15, 0.2) is 5.75 Å². The van der Waals surface area contributed by atoms with Crippen LogP contribution in [0.25, 0.3) is 11.3 Å². The average Bonchev–Trinajstić information content (AvgIpc) is 2.94. The highest BCUT2D eigenvalue weighted by Crippen LogP contribution is 2.34. The Kier molecular flexibility index (Phi) is 8.70. The van der Waals surface area contributed by atoms with E-state index in [2.05, 4.69) is 20.3 Å². The van der Waals surface area contributed by atoms with Gasteiger partial charge in [-0.1, -0.05) is 41.9 Å². The number of amides is 2. The highest BCUT2D eigenvalue weighted by molar-refractivity contribution is 6.33. The monoisotopic (exact) mass is 546 g/mol. The number of nitrogens with one attached hydrogen (secondary N) is 1. The third-order valence-corrected chi connectivity index (χ3v) is 6.03. The van der Waals surface area contributed by atoms with Crippen molar-refractivity contribution in [2.45, 2.75) is 6.10 Å². The highest BCUT2D eigenvalue weighted by Gasteiger charge is 2.21. The number of anilines is 2. The van der Waals surface area contributed by atoms with Gasteiger partial charge in [-0.3, -0.25) is 9.78 Å². The Morgan fingerprint density at radius 1 is 1.05 bits per heavy atom. The van der Waals surface area contributed by atoms with Crippen molar-refractivity contribution in [1.29, 1.82) is 0 Å². The molecule has 2 aromatic heterocycles. The Balaban J connectivity index is 1.46. The molecule has 10 nitrogen and oxygen atoms in total. The van der Waals surface area contributed by atoms with Crippen molar-refractivity contribution in [2.75, 3.05) is 37.9 Å². The summed E-state index contributed by atoms with van der Waals surface area (Å²) in [6, 6.07) is 17.1. The summed E-state index contributed by atoms with van der Waals surface area (Å²) in [5.41, 5.74) is 2.41. The van der Waals surface area contributed by atoms with E-state index >= 15 is 0 Å². The van der Waals surface area contributed by atoms with Crippen LogP contribution in [0.15, 0.2) is 79.3 Å². The Labute approximate surface area is 230 Å². The Bertz CT molecular complexity index is 1470. The summed E-state index contributed by atoms with van der Waals surface area (Å²) in [4.78, 5) is 41.1. The first-order valence-electron chi connectivity index (χ1n) is 11.9. The van der Waals surface area contributed by atoms with Crippen molar-refractivity contribution in [3.05, 3.63) is 95.4 Å². The van der Waals surface area contributed by atoms with E-state index in [1.807, 2.05) is 0 Å². The van der Waals surface area contributed by atoms with Crippen molar-refractivity contribution >= 4 is 35.2 Å². The highest BCUT2D eigenvalue weighted by atomic mass is 35.5. The molecule has 2 heterocycles. The first-order chi connectivity index (χ1) is 18.7. The lowest BCUT2D eigenvalue weighted by molar-refractivity contribution is 0.102. The minimum absolute atomic E-state index is 0.0708. The van der Waals surface area contributed by atoms with Crippen LogP contribution in [0.3, 0.4) is 0 Å². The van der Waals surface area contributed by atoms with Crippen LogP contribution in [0.2, 0.25) is 5.02 Å². The van der Waals surface area contributed by atoms with Gasteiger partial charge >= 0.3 is 6.09 Å². The van der Waals surface area contributed by atoms with Crippen molar-refractivity contribution in [3.63, 3.8) is 0 Å². The molecule has 0 bridgehead atoms. The fourth-order valence-corrected chi connectivity index (χ4v) is 3.86. The quantitative estimate of drug-likeness (QED) is 0.327. The van der Waals surface area contributed by atoms with Gasteiger partial charge in [0, 0.05) is 50.4 Å². The van der Waals surface area contributed by atoms with Gasteiger partial charge in [-0.05, 0) is 35.9 Å². The smallest absolute Gasteiger partial charge is 0.406 e. The molecule has 2 amide bonds. The molecule has 0 saturated heterocycles. The molecule has 0 spiro atoms. The van der Waals surface area contributed by atoms with E-state index in [9.17, 15) is 14.7 Å². The zero-order valence-electron chi connectivity index (χ0n) is 21.6. The molecule has 1 unspecified atom stereocenters. The van der Waals surface area contributed by atoms with Crippen molar-refractivity contribution in [1.82, 2.24) is 19.9 Å². The van der Waals surface area contributed by atoms with Crippen LogP contribution in [-0.4, -0.2) is 64.6 Å². The van der Waals surface area contributed by atoms with Crippen LogP contribution in [0.4, 0.5) is 16.4 Å². The SMILES string of the molecule is CN(CC(O)c1cccc(NC(=O)c2ccncc2)c1)C(=O)Oc1cnc(N(C)C)nc1-c1ccccc1Cl. The lowest BCUT2D eigenvalue weighted by Crippen LogP contribution is -2.33. The maximum absolute atomic E-state index is 13.0. The molecule has 11 heteroatoms. The van der Waals surface area contributed by atoms with Gasteiger partial charge in [0.25, 0.3) is 5.91 Å². The van der Waals surface area contributed by atoms with Crippen LogP contribution in [0.1, 0.15) is 22.0 Å². The van der Waals surface area contributed by atoms with Gasteiger partial charge in [-0.15, -0.1) is 0 Å². The van der Waals surface area contributed by atoms with Crippen molar-refractivity contribution < 1.29 is 19.4 Å². The Hall–Kier alpha value is -4.54. The normalized spacial score (nSPS) is 11.4. The zero-order chi connectivity index (χ0) is 27.9. The van der Waals surface area contributed by atoms with Crippen LogP contribution in [0.5, 0.6) is 5.75 Å². The summed E-state index contributed by atoms with van der Waals surface area (Å²) in [7, 11) is 5.10. The van der Waals surface area contributed by atoms with Gasteiger partial charge in [0.2, 0.25) is 5.95 Å². The minimum atomic E-state index is -1.05. The number of aliphatic hydroxyl groups excluding tert-OH is 1. The molecular formula is C28H27ClN6O4. The first kappa shape index (κ1) is 27.5. The number of likely N-dealkylation sites (N-methyl/N-ethyl adjacent to an activating group) is 1. The van der Waals surface area contributed by atoms with Gasteiger partial charge in [-0.25, -0.2) is 14.8 Å². The lowest BCUT2D eigenvalue weighted by atomic mass is 10.1. The number of pyridine rings is 1. The third kappa shape index (κ3) is 6.86. The predicted octanol–water partition coefficient (Wildman–Crippen LogP) is 4.67. The Morgan fingerprint density at radius 3 is 2.51 bits per heavy atom. The second kappa shape index (κ2) is 12.3. The summed E-state index contributed by atoms with van der Waals surface area (Å²) in [5, 5.41) is 14.1.